The van der Waals surface area contributed by atoms with Crippen molar-refractivity contribution in [3.63, 3.8) is 0 Å². The smallest absolute Gasteiger partial charge is 0.387 e. The minimum absolute atomic E-state index is 0.158. The molecule has 132 valence electrons. The Bertz CT molecular complexity index is 807. The highest BCUT2D eigenvalue weighted by Crippen LogP contribution is 2.38. The number of rotatable bonds is 4. The van der Waals surface area contributed by atoms with E-state index in [0.717, 1.165) is 0 Å². The number of hydrogen-bond acceptors (Lipinski definition) is 9. The fraction of sp³-hybridized carbons (Fsp3) is 0.545. The number of phosphoric ester groups is 1. The van der Waals surface area contributed by atoms with E-state index >= 15 is 0 Å². The summed E-state index contributed by atoms with van der Waals surface area (Å²) in [5.74, 6) is 0.543. The minimum atomic E-state index is -4.73. The molecule has 6 N–H and O–H groups in total. The molecule has 0 bridgehead atoms. The van der Waals surface area contributed by atoms with Gasteiger partial charge in [-0.1, -0.05) is 0 Å². The molecular weight excluding hydrogens is 345 g/mol. The number of aryl methyl sites for hydroxylation is 1. The van der Waals surface area contributed by atoms with E-state index in [1.807, 2.05) is 0 Å². The molecule has 0 saturated carbocycles. The molecule has 1 saturated heterocycles. The normalized spacial score (nSPS) is 27.9. The van der Waals surface area contributed by atoms with E-state index in [4.69, 9.17) is 20.3 Å². The largest absolute Gasteiger partial charge is 0.469 e. The standard InChI is InChI=1S/C11H16N5O7P/c1-4-14-9(12)6-10(15-4)16(3-13-6)11-8(18)7(17)5(23-11)2-22-24(19,20)21/h3,5,7-8,11,17-18H,2H2,1H3,(H2,12,14,15)(H2,19,20,21)/t5-,7+,8?,11-/m1/s1. The maximum atomic E-state index is 10.8. The summed E-state index contributed by atoms with van der Waals surface area (Å²) < 4.78 is 21.9. The van der Waals surface area contributed by atoms with E-state index in [1.165, 1.54) is 10.9 Å². The van der Waals surface area contributed by atoms with Crippen LogP contribution in [-0.2, 0) is 13.8 Å². The molecule has 1 unspecified atom stereocenters. The molecule has 24 heavy (non-hydrogen) atoms. The summed E-state index contributed by atoms with van der Waals surface area (Å²) in [7, 11) is -4.73. The van der Waals surface area contributed by atoms with Crippen LogP contribution < -0.4 is 5.73 Å². The van der Waals surface area contributed by atoms with Crippen molar-refractivity contribution < 1.29 is 33.8 Å². The van der Waals surface area contributed by atoms with E-state index < -0.39 is 39.0 Å². The van der Waals surface area contributed by atoms with Gasteiger partial charge < -0.3 is 30.5 Å². The van der Waals surface area contributed by atoms with Crippen LogP contribution in [0.4, 0.5) is 5.82 Å². The minimum Gasteiger partial charge on any atom is -0.387 e. The number of hydrogen-bond donors (Lipinski definition) is 5. The van der Waals surface area contributed by atoms with Crippen LogP contribution in [0.2, 0.25) is 0 Å². The van der Waals surface area contributed by atoms with Gasteiger partial charge in [0.2, 0.25) is 0 Å². The van der Waals surface area contributed by atoms with Crippen molar-refractivity contribution in [3.8, 4) is 0 Å². The zero-order valence-corrected chi connectivity index (χ0v) is 13.3. The van der Waals surface area contributed by atoms with Crippen LogP contribution in [0.5, 0.6) is 0 Å². The molecule has 4 atom stereocenters. The van der Waals surface area contributed by atoms with Gasteiger partial charge in [-0.05, 0) is 6.92 Å². The summed E-state index contributed by atoms with van der Waals surface area (Å²) in [6, 6.07) is 0. The van der Waals surface area contributed by atoms with E-state index in [0.29, 0.717) is 17.0 Å². The number of imidazole rings is 1. The quantitative estimate of drug-likeness (QED) is 0.397. The molecule has 2 aromatic rings. The van der Waals surface area contributed by atoms with E-state index in [2.05, 4.69) is 19.5 Å². The van der Waals surface area contributed by atoms with Crippen molar-refractivity contribution >= 4 is 24.8 Å². The third kappa shape index (κ3) is 3.13. The van der Waals surface area contributed by atoms with E-state index in [-0.39, 0.29) is 5.82 Å². The molecule has 12 nitrogen and oxygen atoms in total. The second-order valence-corrected chi connectivity index (χ2v) is 6.55. The van der Waals surface area contributed by atoms with Crippen molar-refractivity contribution in [1.82, 2.24) is 19.5 Å². The Morgan fingerprint density at radius 1 is 1.38 bits per heavy atom. The molecule has 3 rings (SSSR count). The van der Waals surface area contributed by atoms with Gasteiger partial charge in [-0.15, -0.1) is 0 Å². The van der Waals surface area contributed by atoms with Gasteiger partial charge in [-0.3, -0.25) is 9.09 Å². The lowest BCUT2D eigenvalue weighted by Gasteiger charge is -2.16. The number of aliphatic hydroxyl groups excluding tert-OH is 2. The van der Waals surface area contributed by atoms with Gasteiger partial charge >= 0.3 is 7.82 Å². The molecule has 1 fully saturated rings. The monoisotopic (exact) mass is 361 g/mol. The van der Waals surface area contributed by atoms with Gasteiger partial charge in [0.25, 0.3) is 0 Å². The van der Waals surface area contributed by atoms with Crippen LogP contribution >= 0.6 is 7.82 Å². The number of nitrogens with zero attached hydrogens (tertiary/aromatic N) is 4. The Balaban J connectivity index is 1.89. The number of anilines is 1. The van der Waals surface area contributed by atoms with Crippen LogP contribution in [0, 0.1) is 6.92 Å². The van der Waals surface area contributed by atoms with Gasteiger partial charge in [-0.25, -0.2) is 19.5 Å². The van der Waals surface area contributed by atoms with Gasteiger partial charge in [0.05, 0.1) is 12.9 Å². The lowest BCUT2D eigenvalue weighted by atomic mass is 10.1. The number of nitrogen functional groups attached to an aromatic ring is 1. The first kappa shape index (κ1) is 17.2. The zero-order valence-electron chi connectivity index (χ0n) is 12.4. The Kier molecular flexibility index (Phi) is 4.30. The first-order valence-electron chi connectivity index (χ1n) is 6.85. The Hall–Kier alpha value is -1.66. The van der Waals surface area contributed by atoms with Gasteiger partial charge in [0.1, 0.15) is 29.7 Å². The molecule has 1 aliphatic heterocycles. The summed E-state index contributed by atoms with van der Waals surface area (Å²) in [6.45, 7) is 1.03. The second-order valence-electron chi connectivity index (χ2n) is 5.31. The van der Waals surface area contributed by atoms with E-state index in [9.17, 15) is 14.8 Å². The fourth-order valence-electron chi connectivity index (χ4n) is 2.51. The second kappa shape index (κ2) is 6.01. The molecule has 0 spiro atoms. The molecule has 0 aromatic carbocycles. The average molecular weight is 361 g/mol. The number of fused-ring (bicyclic) bond motifs is 1. The zero-order chi connectivity index (χ0) is 17.6. The lowest BCUT2D eigenvalue weighted by Crippen LogP contribution is -2.33. The Labute approximate surface area is 135 Å². The number of ether oxygens (including phenoxy) is 1. The number of aromatic nitrogens is 4. The molecule has 2 aromatic heterocycles. The summed E-state index contributed by atoms with van der Waals surface area (Å²) in [6.07, 6.45) is -3.70. The highest BCUT2D eigenvalue weighted by molar-refractivity contribution is 7.46. The topological polar surface area (TPSA) is 186 Å². The van der Waals surface area contributed by atoms with Crippen LogP contribution in [0.25, 0.3) is 11.2 Å². The maximum absolute atomic E-state index is 10.8. The Morgan fingerprint density at radius 3 is 2.75 bits per heavy atom. The molecule has 1 aliphatic rings. The van der Waals surface area contributed by atoms with Crippen molar-refractivity contribution in [2.45, 2.75) is 31.5 Å². The van der Waals surface area contributed by atoms with Crippen LogP contribution in [-0.4, -0.2) is 64.4 Å². The van der Waals surface area contributed by atoms with Crippen LogP contribution in [0.3, 0.4) is 0 Å². The third-order valence-corrected chi connectivity index (χ3v) is 4.06. The summed E-state index contributed by atoms with van der Waals surface area (Å²) in [5.41, 5.74) is 6.37. The summed E-state index contributed by atoms with van der Waals surface area (Å²) in [4.78, 5) is 29.7. The first-order valence-corrected chi connectivity index (χ1v) is 8.39. The van der Waals surface area contributed by atoms with E-state index in [1.54, 1.807) is 6.92 Å². The maximum Gasteiger partial charge on any atom is 0.469 e. The third-order valence-electron chi connectivity index (χ3n) is 3.58. The van der Waals surface area contributed by atoms with Crippen molar-refractivity contribution in [2.75, 3.05) is 12.3 Å². The molecule has 0 aliphatic carbocycles. The Morgan fingerprint density at radius 2 is 2.08 bits per heavy atom. The fourth-order valence-corrected chi connectivity index (χ4v) is 2.85. The van der Waals surface area contributed by atoms with Crippen molar-refractivity contribution in [2.24, 2.45) is 0 Å². The average Bonchev–Trinajstić information content (AvgIpc) is 3.00. The van der Waals surface area contributed by atoms with Gasteiger partial charge in [0.15, 0.2) is 17.7 Å². The number of aliphatic hydroxyl groups is 2. The van der Waals surface area contributed by atoms with Gasteiger partial charge in [0, 0.05) is 0 Å². The molecule has 13 heteroatoms. The SMILES string of the molecule is Cc1nc(N)c2ncn([C@@H]3O[C@H](COP(=O)(O)O)[C@H](O)C3O)c2n1. The molecule has 3 heterocycles. The predicted octanol–water partition coefficient (Wildman–Crippen LogP) is -1.55. The van der Waals surface area contributed by atoms with Crippen LogP contribution in [0.15, 0.2) is 6.33 Å². The number of phosphoric acid groups is 1. The van der Waals surface area contributed by atoms with Gasteiger partial charge in [-0.2, -0.15) is 0 Å². The predicted molar refractivity (Wildman–Crippen MR) is 78.4 cm³/mol. The highest BCUT2D eigenvalue weighted by atomic mass is 31.2. The molecule has 0 amide bonds. The first-order chi connectivity index (χ1) is 11.2. The van der Waals surface area contributed by atoms with Crippen LogP contribution in [0.1, 0.15) is 12.1 Å². The highest BCUT2D eigenvalue weighted by Gasteiger charge is 2.45. The number of nitrogens with two attached hydrogens (primary N) is 1. The molecular formula is C11H16N5O7P. The van der Waals surface area contributed by atoms with Crippen molar-refractivity contribution in [1.29, 1.82) is 0 Å². The van der Waals surface area contributed by atoms with Crippen molar-refractivity contribution in [3.05, 3.63) is 12.2 Å². The lowest BCUT2D eigenvalue weighted by molar-refractivity contribution is -0.0504. The molecule has 0 radical (unpaired) electrons. The summed E-state index contributed by atoms with van der Waals surface area (Å²) in [5, 5.41) is 20.2. The summed E-state index contributed by atoms with van der Waals surface area (Å²) >= 11 is 0.